The van der Waals surface area contributed by atoms with Crippen LogP contribution in [-0.2, 0) is 13.2 Å². The zero-order chi connectivity index (χ0) is 21.5. The fourth-order valence-electron chi connectivity index (χ4n) is 2.98. The van der Waals surface area contributed by atoms with Crippen molar-refractivity contribution in [3.05, 3.63) is 93.0 Å². The van der Waals surface area contributed by atoms with Crippen LogP contribution in [0, 0.1) is 24.0 Å². The van der Waals surface area contributed by atoms with Gasteiger partial charge in [-0.15, -0.1) is 0 Å². The van der Waals surface area contributed by atoms with Gasteiger partial charge in [-0.3, -0.25) is 10.1 Å². The van der Waals surface area contributed by atoms with E-state index < -0.39 is 4.92 Å². The minimum atomic E-state index is -0.414. The zero-order valence-corrected chi connectivity index (χ0v) is 17.5. The second kappa shape index (κ2) is 9.78. The van der Waals surface area contributed by atoms with Crippen molar-refractivity contribution in [2.75, 3.05) is 11.9 Å². The first-order valence-electron chi connectivity index (χ1n) is 9.89. The van der Waals surface area contributed by atoms with Crippen LogP contribution in [-0.4, -0.2) is 11.5 Å². The van der Waals surface area contributed by atoms with Gasteiger partial charge in [-0.2, -0.15) is 0 Å². The van der Waals surface area contributed by atoms with Crippen LogP contribution in [0.25, 0.3) is 0 Å². The number of benzene rings is 3. The van der Waals surface area contributed by atoms with E-state index in [9.17, 15) is 10.1 Å². The van der Waals surface area contributed by atoms with Crippen LogP contribution < -0.4 is 14.8 Å². The summed E-state index contributed by atoms with van der Waals surface area (Å²) in [6, 6.07) is 18.5. The summed E-state index contributed by atoms with van der Waals surface area (Å²) >= 11 is 0. The number of hydrogen-bond acceptors (Lipinski definition) is 5. The molecule has 0 atom stereocenters. The molecule has 0 saturated heterocycles. The van der Waals surface area contributed by atoms with Crippen LogP contribution in [0.15, 0.2) is 60.7 Å². The molecule has 0 aliphatic carbocycles. The van der Waals surface area contributed by atoms with E-state index in [1.807, 2.05) is 25.1 Å². The van der Waals surface area contributed by atoms with Gasteiger partial charge in [-0.1, -0.05) is 12.1 Å². The lowest BCUT2D eigenvalue weighted by Gasteiger charge is -2.14. The van der Waals surface area contributed by atoms with Crippen LogP contribution in [0.3, 0.4) is 0 Å². The summed E-state index contributed by atoms with van der Waals surface area (Å²) in [5.74, 6) is 1.32. The van der Waals surface area contributed by atoms with Crippen LogP contribution in [0.2, 0.25) is 0 Å². The van der Waals surface area contributed by atoms with Gasteiger partial charge in [-0.25, -0.2) is 0 Å². The molecule has 0 unspecified atom stereocenters. The van der Waals surface area contributed by atoms with E-state index in [0.717, 1.165) is 16.8 Å². The number of anilines is 1. The molecular formula is C24H26N2O4. The molecule has 156 valence electrons. The van der Waals surface area contributed by atoms with Crippen molar-refractivity contribution in [1.29, 1.82) is 0 Å². The van der Waals surface area contributed by atoms with Crippen LogP contribution in [0.1, 0.15) is 29.2 Å². The maximum absolute atomic E-state index is 10.8. The van der Waals surface area contributed by atoms with Gasteiger partial charge in [0.2, 0.25) is 0 Å². The Kier molecular flexibility index (Phi) is 6.91. The second-order valence-corrected chi connectivity index (χ2v) is 7.08. The van der Waals surface area contributed by atoms with Crippen LogP contribution >= 0.6 is 0 Å². The molecule has 3 aromatic carbocycles. The SMILES string of the molecule is CCOc1cc(CNc2ccc(C)c(C)c2)ccc1OCc1ccc([N+](=O)[O-])cc1. The molecule has 0 radical (unpaired) electrons. The number of rotatable bonds is 9. The lowest BCUT2D eigenvalue weighted by molar-refractivity contribution is -0.384. The maximum atomic E-state index is 10.8. The Hall–Kier alpha value is -3.54. The summed E-state index contributed by atoms with van der Waals surface area (Å²) in [6.07, 6.45) is 0. The standard InChI is InChI=1S/C24H26N2O4/c1-4-29-24-14-20(15-25-21-9-5-17(2)18(3)13-21)8-12-23(24)30-16-19-6-10-22(11-7-19)26(27)28/h5-14,25H,4,15-16H2,1-3H3. The van der Waals surface area contributed by atoms with Crippen molar-refractivity contribution in [2.45, 2.75) is 33.9 Å². The van der Waals surface area contributed by atoms with Crippen molar-refractivity contribution in [1.82, 2.24) is 0 Å². The van der Waals surface area contributed by atoms with E-state index in [-0.39, 0.29) is 5.69 Å². The minimum Gasteiger partial charge on any atom is -0.490 e. The molecule has 6 nitrogen and oxygen atoms in total. The van der Waals surface area contributed by atoms with Crippen LogP contribution in [0.5, 0.6) is 11.5 Å². The Balaban J connectivity index is 1.66. The molecule has 0 heterocycles. The molecule has 3 rings (SSSR count). The minimum absolute atomic E-state index is 0.0642. The lowest BCUT2D eigenvalue weighted by Crippen LogP contribution is -2.03. The summed E-state index contributed by atoms with van der Waals surface area (Å²) < 4.78 is 11.7. The maximum Gasteiger partial charge on any atom is 0.269 e. The summed E-state index contributed by atoms with van der Waals surface area (Å²) in [5, 5.41) is 14.2. The summed E-state index contributed by atoms with van der Waals surface area (Å²) in [6.45, 7) is 7.64. The number of ether oxygens (including phenoxy) is 2. The highest BCUT2D eigenvalue weighted by molar-refractivity contribution is 5.50. The number of nitro benzene ring substituents is 1. The Labute approximate surface area is 176 Å². The van der Waals surface area contributed by atoms with Crippen molar-refractivity contribution >= 4 is 11.4 Å². The lowest BCUT2D eigenvalue weighted by atomic mass is 10.1. The third-order valence-corrected chi connectivity index (χ3v) is 4.85. The van der Waals surface area contributed by atoms with E-state index in [0.29, 0.717) is 31.3 Å². The molecule has 0 spiro atoms. The fraction of sp³-hybridized carbons (Fsp3) is 0.250. The van der Waals surface area contributed by atoms with Gasteiger partial charge in [0.1, 0.15) is 6.61 Å². The number of hydrogen-bond donors (Lipinski definition) is 1. The summed E-state index contributed by atoms with van der Waals surface area (Å²) in [4.78, 5) is 10.4. The molecule has 1 N–H and O–H groups in total. The van der Waals surface area contributed by atoms with Crippen LogP contribution in [0.4, 0.5) is 11.4 Å². The van der Waals surface area contributed by atoms with E-state index in [1.54, 1.807) is 12.1 Å². The Morgan fingerprint density at radius 3 is 2.27 bits per heavy atom. The molecule has 0 aromatic heterocycles. The first-order chi connectivity index (χ1) is 14.5. The van der Waals surface area contributed by atoms with Gasteiger partial charge in [0.05, 0.1) is 11.5 Å². The first kappa shape index (κ1) is 21.2. The van der Waals surface area contributed by atoms with E-state index >= 15 is 0 Å². The molecule has 6 heteroatoms. The van der Waals surface area contributed by atoms with Crippen molar-refractivity contribution in [2.24, 2.45) is 0 Å². The van der Waals surface area contributed by atoms with Crippen molar-refractivity contribution in [3.63, 3.8) is 0 Å². The average molecular weight is 406 g/mol. The van der Waals surface area contributed by atoms with Gasteiger partial charge in [0.25, 0.3) is 5.69 Å². The highest BCUT2D eigenvalue weighted by Gasteiger charge is 2.09. The number of non-ortho nitro benzene ring substituents is 1. The number of aryl methyl sites for hydroxylation is 2. The first-order valence-corrected chi connectivity index (χ1v) is 9.89. The third kappa shape index (κ3) is 5.50. The quantitative estimate of drug-likeness (QED) is 0.359. The molecule has 3 aromatic rings. The van der Waals surface area contributed by atoms with Crippen molar-refractivity contribution in [3.8, 4) is 11.5 Å². The third-order valence-electron chi connectivity index (χ3n) is 4.85. The normalized spacial score (nSPS) is 10.5. The highest BCUT2D eigenvalue weighted by atomic mass is 16.6. The predicted molar refractivity (Wildman–Crippen MR) is 118 cm³/mol. The number of nitrogens with zero attached hydrogens (tertiary/aromatic N) is 1. The predicted octanol–water partition coefficient (Wildman–Crippen LogP) is 5.80. The van der Waals surface area contributed by atoms with Gasteiger partial charge in [0, 0.05) is 24.4 Å². The van der Waals surface area contributed by atoms with Gasteiger partial charge < -0.3 is 14.8 Å². The molecular weight excluding hydrogens is 380 g/mol. The molecule has 0 amide bonds. The van der Waals surface area contributed by atoms with E-state index in [2.05, 4.69) is 37.4 Å². The van der Waals surface area contributed by atoms with Gasteiger partial charge >= 0.3 is 0 Å². The zero-order valence-electron chi connectivity index (χ0n) is 17.5. The average Bonchev–Trinajstić information content (AvgIpc) is 2.74. The molecule has 0 aliphatic rings. The largest absolute Gasteiger partial charge is 0.490 e. The topological polar surface area (TPSA) is 73.6 Å². The fourth-order valence-corrected chi connectivity index (χ4v) is 2.98. The van der Waals surface area contributed by atoms with E-state index in [4.69, 9.17) is 9.47 Å². The van der Waals surface area contributed by atoms with Gasteiger partial charge in [0.15, 0.2) is 11.5 Å². The molecule has 0 fully saturated rings. The number of nitro groups is 1. The molecule has 0 bridgehead atoms. The highest BCUT2D eigenvalue weighted by Crippen LogP contribution is 2.30. The molecule has 30 heavy (non-hydrogen) atoms. The van der Waals surface area contributed by atoms with Gasteiger partial charge in [-0.05, 0) is 79.4 Å². The smallest absolute Gasteiger partial charge is 0.269 e. The Bertz CT molecular complexity index is 1020. The summed E-state index contributed by atoms with van der Waals surface area (Å²) in [5.41, 5.74) is 5.60. The Morgan fingerprint density at radius 2 is 1.60 bits per heavy atom. The summed E-state index contributed by atoms with van der Waals surface area (Å²) in [7, 11) is 0. The Morgan fingerprint density at radius 1 is 0.867 bits per heavy atom. The molecule has 0 aliphatic heterocycles. The van der Waals surface area contributed by atoms with E-state index in [1.165, 1.54) is 23.3 Å². The molecule has 0 saturated carbocycles. The second-order valence-electron chi connectivity index (χ2n) is 7.08. The number of nitrogens with one attached hydrogen (secondary N) is 1. The van der Waals surface area contributed by atoms with Crippen molar-refractivity contribution < 1.29 is 14.4 Å². The monoisotopic (exact) mass is 406 g/mol.